The van der Waals surface area contributed by atoms with Gasteiger partial charge in [-0.15, -0.1) is 11.6 Å². The van der Waals surface area contributed by atoms with Gasteiger partial charge in [0.1, 0.15) is 0 Å². The van der Waals surface area contributed by atoms with E-state index in [1.54, 1.807) is 0 Å². The van der Waals surface area contributed by atoms with E-state index in [0.29, 0.717) is 5.88 Å². The summed E-state index contributed by atoms with van der Waals surface area (Å²) in [7, 11) is 0. The van der Waals surface area contributed by atoms with E-state index in [1.807, 2.05) is 18.3 Å². The molecule has 2 rings (SSSR count). The lowest BCUT2D eigenvalue weighted by Crippen LogP contribution is -2.25. The minimum Gasteiger partial charge on any atom is -0.293 e. The normalized spacial score (nSPS) is 11.0. The first-order valence-electron chi connectivity index (χ1n) is 7.58. The predicted octanol–water partition coefficient (Wildman–Crippen LogP) is 4.28. The Morgan fingerprint density at radius 1 is 1.00 bits per heavy atom. The second-order valence-corrected chi connectivity index (χ2v) is 5.57. The molecule has 0 radical (unpaired) electrons. The van der Waals surface area contributed by atoms with Crippen LogP contribution in [0.25, 0.3) is 0 Å². The summed E-state index contributed by atoms with van der Waals surface area (Å²) in [6.07, 6.45) is 3.93. The maximum Gasteiger partial charge on any atom is 0.0544 e. The lowest BCUT2D eigenvalue weighted by Gasteiger charge is -2.23. The number of hydrogen-bond acceptors (Lipinski definition) is 2. The van der Waals surface area contributed by atoms with Crippen LogP contribution < -0.4 is 0 Å². The number of aryl methyl sites for hydroxylation is 1. The summed E-state index contributed by atoms with van der Waals surface area (Å²) in [6, 6.07) is 14.8. The maximum atomic E-state index is 5.87. The van der Waals surface area contributed by atoms with Crippen LogP contribution in [0.5, 0.6) is 0 Å². The maximum absolute atomic E-state index is 5.87. The fraction of sp³-hybridized carbons (Fsp3) is 0.389. The lowest BCUT2D eigenvalue weighted by atomic mass is 10.0. The van der Waals surface area contributed by atoms with Gasteiger partial charge in [0.15, 0.2) is 0 Å². The monoisotopic (exact) mass is 302 g/mol. The van der Waals surface area contributed by atoms with Crippen molar-refractivity contribution in [2.75, 3.05) is 12.4 Å². The molecule has 0 bridgehead atoms. The molecule has 0 amide bonds. The van der Waals surface area contributed by atoms with Gasteiger partial charge in [-0.2, -0.15) is 0 Å². The molecule has 0 unspecified atom stereocenters. The third-order valence-corrected chi connectivity index (χ3v) is 3.88. The molecule has 1 heterocycles. The quantitative estimate of drug-likeness (QED) is 0.677. The number of benzene rings is 1. The Morgan fingerprint density at radius 3 is 2.43 bits per heavy atom. The number of pyridine rings is 1. The molecule has 2 nitrogen and oxygen atoms in total. The minimum absolute atomic E-state index is 0.703. The molecule has 112 valence electrons. The van der Waals surface area contributed by atoms with Crippen LogP contribution in [0.1, 0.15) is 30.2 Å². The largest absolute Gasteiger partial charge is 0.293 e. The van der Waals surface area contributed by atoms with E-state index in [4.69, 9.17) is 11.6 Å². The number of aromatic nitrogens is 1. The fourth-order valence-electron chi connectivity index (χ4n) is 2.52. The molecule has 1 aromatic carbocycles. The number of alkyl halides is 1. The first kappa shape index (κ1) is 16.0. The third kappa shape index (κ3) is 5.14. The third-order valence-electron chi connectivity index (χ3n) is 3.61. The Hall–Kier alpha value is -1.38. The van der Waals surface area contributed by atoms with Crippen molar-refractivity contribution in [3.8, 4) is 0 Å². The summed E-state index contributed by atoms with van der Waals surface area (Å²) in [5.74, 6) is 0.703. The summed E-state index contributed by atoms with van der Waals surface area (Å²) in [5.41, 5.74) is 3.95. The molecule has 3 heteroatoms. The molecule has 0 saturated heterocycles. The van der Waals surface area contributed by atoms with E-state index in [0.717, 1.165) is 38.2 Å². The Balaban J connectivity index is 2.08. The highest BCUT2D eigenvalue weighted by Gasteiger charge is 2.09. The highest BCUT2D eigenvalue weighted by Crippen LogP contribution is 2.14. The highest BCUT2D eigenvalue weighted by atomic mass is 35.5. The van der Waals surface area contributed by atoms with Gasteiger partial charge in [-0.1, -0.05) is 37.3 Å². The molecule has 2 aromatic rings. The van der Waals surface area contributed by atoms with Crippen LogP contribution in [-0.4, -0.2) is 22.3 Å². The average molecular weight is 303 g/mol. The average Bonchev–Trinajstić information content (AvgIpc) is 2.54. The summed E-state index contributed by atoms with van der Waals surface area (Å²) >= 11 is 5.87. The Kier molecular flexibility index (Phi) is 6.71. The van der Waals surface area contributed by atoms with Gasteiger partial charge in [0.2, 0.25) is 0 Å². The SMILES string of the molecule is CCc1ccccc1CN(CCCCl)Cc1ccccn1. The van der Waals surface area contributed by atoms with Crippen molar-refractivity contribution in [3.63, 3.8) is 0 Å². The number of nitrogens with zero attached hydrogens (tertiary/aromatic N) is 2. The Labute approximate surface area is 132 Å². The van der Waals surface area contributed by atoms with Crippen LogP contribution >= 0.6 is 11.6 Å². The van der Waals surface area contributed by atoms with Gasteiger partial charge >= 0.3 is 0 Å². The Bertz CT molecular complexity index is 528. The van der Waals surface area contributed by atoms with Crippen molar-refractivity contribution < 1.29 is 0 Å². The zero-order valence-electron chi connectivity index (χ0n) is 12.6. The van der Waals surface area contributed by atoms with Gasteiger partial charge in [-0.25, -0.2) is 0 Å². The molecule has 0 aliphatic rings. The van der Waals surface area contributed by atoms with Crippen LogP contribution in [0, 0.1) is 0 Å². The molecule has 0 aliphatic heterocycles. The standard InChI is InChI=1S/C18H23ClN2/c1-2-16-8-3-4-9-17(16)14-21(13-7-11-19)15-18-10-5-6-12-20-18/h3-6,8-10,12H,2,7,11,13-15H2,1H3. The first-order chi connectivity index (χ1) is 10.3. The summed E-state index contributed by atoms with van der Waals surface area (Å²) in [6.45, 7) is 5.03. The van der Waals surface area contributed by atoms with E-state index in [2.05, 4.69) is 47.1 Å². The molecule has 0 aliphatic carbocycles. The second-order valence-electron chi connectivity index (χ2n) is 5.20. The van der Waals surface area contributed by atoms with Crippen LogP contribution in [0.2, 0.25) is 0 Å². The van der Waals surface area contributed by atoms with Gasteiger partial charge in [-0.3, -0.25) is 9.88 Å². The van der Waals surface area contributed by atoms with Crippen molar-refractivity contribution in [1.29, 1.82) is 0 Å². The zero-order valence-corrected chi connectivity index (χ0v) is 13.4. The predicted molar refractivity (Wildman–Crippen MR) is 89.5 cm³/mol. The van der Waals surface area contributed by atoms with Crippen LogP contribution in [0.3, 0.4) is 0 Å². The van der Waals surface area contributed by atoms with Gasteiger partial charge < -0.3 is 0 Å². The van der Waals surface area contributed by atoms with Crippen LogP contribution in [-0.2, 0) is 19.5 Å². The molecule has 0 saturated carbocycles. The van der Waals surface area contributed by atoms with Gasteiger partial charge in [0, 0.05) is 31.7 Å². The van der Waals surface area contributed by atoms with Gasteiger partial charge in [0.05, 0.1) is 5.69 Å². The molecular weight excluding hydrogens is 280 g/mol. The van der Waals surface area contributed by atoms with Crippen molar-refractivity contribution in [2.24, 2.45) is 0 Å². The van der Waals surface area contributed by atoms with E-state index in [9.17, 15) is 0 Å². The smallest absolute Gasteiger partial charge is 0.0544 e. The Morgan fingerprint density at radius 2 is 1.76 bits per heavy atom. The molecule has 21 heavy (non-hydrogen) atoms. The summed E-state index contributed by atoms with van der Waals surface area (Å²) < 4.78 is 0. The van der Waals surface area contributed by atoms with E-state index in [1.165, 1.54) is 11.1 Å². The lowest BCUT2D eigenvalue weighted by molar-refractivity contribution is 0.254. The van der Waals surface area contributed by atoms with Gasteiger partial charge in [0.25, 0.3) is 0 Å². The zero-order chi connectivity index (χ0) is 14.9. The van der Waals surface area contributed by atoms with E-state index < -0.39 is 0 Å². The van der Waals surface area contributed by atoms with E-state index in [-0.39, 0.29) is 0 Å². The van der Waals surface area contributed by atoms with Crippen molar-refractivity contribution in [2.45, 2.75) is 32.9 Å². The van der Waals surface area contributed by atoms with Gasteiger partial charge in [-0.05, 0) is 36.1 Å². The summed E-state index contributed by atoms with van der Waals surface area (Å²) in [4.78, 5) is 6.87. The molecule has 0 N–H and O–H groups in total. The van der Waals surface area contributed by atoms with Crippen molar-refractivity contribution in [1.82, 2.24) is 9.88 Å². The second kappa shape index (κ2) is 8.81. The number of rotatable bonds is 8. The summed E-state index contributed by atoms with van der Waals surface area (Å²) in [5, 5.41) is 0. The first-order valence-corrected chi connectivity index (χ1v) is 8.12. The fourth-order valence-corrected chi connectivity index (χ4v) is 2.64. The molecule has 0 atom stereocenters. The van der Waals surface area contributed by atoms with Crippen LogP contribution in [0.15, 0.2) is 48.7 Å². The molecular formula is C18H23ClN2. The van der Waals surface area contributed by atoms with Crippen molar-refractivity contribution >= 4 is 11.6 Å². The highest BCUT2D eigenvalue weighted by molar-refractivity contribution is 6.17. The molecule has 0 fully saturated rings. The molecule has 0 spiro atoms. The molecule has 1 aromatic heterocycles. The minimum atomic E-state index is 0.703. The van der Waals surface area contributed by atoms with Crippen molar-refractivity contribution in [3.05, 3.63) is 65.5 Å². The topological polar surface area (TPSA) is 16.1 Å². The number of halogens is 1. The van der Waals surface area contributed by atoms with E-state index >= 15 is 0 Å². The van der Waals surface area contributed by atoms with Crippen LogP contribution in [0.4, 0.5) is 0 Å². The number of hydrogen-bond donors (Lipinski definition) is 0.